The summed E-state index contributed by atoms with van der Waals surface area (Å²) in [5, 5.41) is 3.33. The van der Waals surface area contributed by atoms with Crippen LogP contribution in [0.25, 0.3) is 0 Å². The quantitative estimate of drug-likeness (QED) is 0.878. The van der Waals surface area contributed by atoms with Crippen molar-refractivity contribution in [1.29, 1.82) is 0 Å². The Labute approximate surface area is 121 Å². The van der Waals surface area contributed by atoms with Gasteiger partial charge in [-0.25, -0.2) is 0 Å². The molecule has 2 rings (SSSR count). The highest BCUT2D eigenvalue weighted by atomic mass is 35.5. The van der Waals surface area contributed by atoms with Gasteiger partial charge >= 0.3 is 0 Å². The minimum absolute atomic E-state index is 0. The summed E-state index contributed by atoms with van der Waals surface area (Å²) in [6.07, 6.45) is 6.78. The predicted molar refractivity (Wildman–Crippen MR) is 78.7 cm³/mol. The fourth-order valence-electron chi connectivity index (χ4n) is 2.01. The first kappa shape index (κ1) is 19.3. The Bertz CT molecular complexity index is 289. The summed E-state index contributed by atoms with van der Waals surface area (Å²) >= 11 is 0. The summed E-state index contributed by atoms with van der Waals surface area (Å²) in [7, 11) is 0. The molecule has 2 heterocycles. The number of nitrogens with two attached hydrogens (primary N) is 1. The van der Waals surface area contributed by atoms with Crippen LogP contribution in [-0.2, 0) is 6.42 Å². The second kappa shape index (κ2) is 8.95. The molecule has 0 radical (unpaired) electrons. The number of hydrogen-bond donors (Lipinski definition) is 2. The Morgan fingerprint density at radius 3 is 2.41 bits per heavy atom. The van der Waals surface area contributed by atoms with E-state index in [0.29, 0.717) is 0 Å². The number of hydrogen-bond acceptors (Lipinski definition) is 3. The lowest BCUT2D eigenvalue weighted by Crippen LogP contribution is -2.50. The zero-order chi connectivity index (χ0) is 9.86. The van der Waals surface area contributed by atoms with Gasteiger partial charge in [-0.2, -0.15) is 0 Å². The van der Waals surface area contributed by atoms with Crippen molar-refractivity contribution in [2.24, 2.45) is 5.73 Å². The molecule has 3 N–H and O–H groups in total. The highest BCUT2D eigenvalue weighted by molar-refractivity contribution is 5.86. The Morgan fingerprint density at radius 1 is 1.24 bits per heavy atom. The van der Waals surface area contributed by atoms with Crippen LogP contribution < -0.4 is 11.1 Å². The highest BCUT2D eigenvalue weighted by Crippen LogP contribution is 2.19. The first-order valence-electron chi connectivity index (χ1n) is 5.17. The van der Waals surface area contributed by atoms with Gasteiger partial charge in [0.25, 0.3) is 0 Å². The van der Waals surface area contributed by atoms with Gasteiger partial charge in [0.2, 0.25) is 0 Å². The van der Waals surface area contributed by atoms with Gasteiger partial charge in [-0.1, -0.05) is 6.07 Å². The number of nitrogens with zero attached hydrogens (tertiary/aromatic N) is 1. The molecule has 17 heavy (non-hydrogen) atoms. The van der Waals surface area contributed by atoms with E-state index in [9.17, 15) is 0 Å². The van der Waals surface area contributed by atoms with E-state index in [1.165, 1.54) is 5.56 Å². The smallest absolute Gasteiger partial charge is 0.0300 e. The molecule has 0 unspecified atom stereocenters. The number of halogens is 3. The molecule has 3 nitrogen and oxygen atoms in total. The predicted octanol–water partition coefficient (Wildman–Crippen LogP) is 1.97. The van der Waals surface area contributed by atoms with E-state index >= 15 is 0 Å². The zero-order valence-electron chi connectivity index (χ0n) is 9.59. The molecule has 0 spiro atoms. The third-order valence-electron chi connectivity index (χ3n) is 2.88. The lowest BCUT2D eigenvalue weighted by molar-refractivity contribution is 0.308. The van der Waals surface area contributed by atoms with Gasteiger partial charge in [0.05, 0.1) is 0 Å². The van der Waals surface area contributed by atoms with Crippen molar-refractivity contribution in [2.75, 3.05) is 13.1 Å². The first-order chi connectivity index (χ1) is 6.79. The maximum atomic E-state index is 6.32. The number of rotatable bonds is 2. The summed E-state index contributed by atoms with van der Waals surface area (Å²) in [5.74, 6) is 0. The molecule has 1 aromatic heterocycles. The van der Waals surface area contributed by atoms with Gasteiger partial charge in [0, 0.05) is 17.9 Å². The van der Waals surface area contributed by atoms with E-state index in [0.717, 1.165) is 32.4 Å². The van der Waals surface area contributed by atoms with Crippen LogP contribution in [0.1, 0.15) is 18.4 Å². The molecule has 0 aliphatic carbocycles. The number of nitrogens with one attached hydrogen (secondary N) is 1. The molecular weight excluding hydrogens is 281 g/mol. The molecule has 0 aromatic carbocycles. The van der Waals surface area contributed by atoms with Crippen LogP contribution in [0.3, 0.4) is 0 Å². The van der Waals surface area contributed by atoms with E-state index in [1.807, 2.05) is 12.3 Å². The average Bonchev–Trinajstić information content (AvgIpc) is 2.19. The zero-order valence-corrected chi connectivity index (χ0v) is 12.0. The van der Waals surface area contributed by atoms with Gasteiger partial charge < -0.3 is 11.1 Å². The Kier molecular flexibility index (Phi) is 10.2. The second-order valence-corrected chi connectivity index (χ2v) is 4.15. The average molecular weight is 301 g/mol. The molecule has 100 valence electrons. The number of pyridine rings is 1. The maximum absolute atomic E-state index is 6.32. The first-order valence-corrected chi connectivity index (χ1v) is 5.17. The number of piperidine rings is 1. The van der Waals surface area contributed by atoms with Gasteiger partial charge in [-0.05, 0) is 44.0 Å². The molecule has 1 aliphatic heterocycles. The van der Waals surface area contributed by atoms with Crippen molar-refractivity contribution in [1.82, 2.24) is 10.3 Å². The van der Waals surface area contributed by atoms with Crippen molar-refractivity contribution in [3.8, 4) is 0 Å². The lowest BCUT2D eigenvalue weighted by atomic mass is 9.84. The van der Waals surface area contributed by atoms with Crippen LogP contribution in [0.2, 0.25) is 0 Å². The molecule has 6 heteroatoms. The van der Waals surface area contributed by atoms with Crippen molar-refractivity contribution in [2.45, 2.75) is 24.8 Å². The minimum atomic E-state index is -0.0196. The van der Waals surface area contributed by atoms with E-state index in [2.05, 4.69) is 16.4 Å². The lowest BCUT2D eigenvalue weighted by Gasteiger charge is -2.33. The van der Waals surface area contributed by atoms with Crippen LogP contribution in [0.15, 0.2) is 24.5 Å². The van der Waals surface area contributed by atoms with Gasteiger partial charge in [0.1, 0.15) is 0 Å². The van der Waals surface area contributed by atoms with E-state index in [1.54, 1.807) is 6.20 Å². The molecule has 1 fully saturated rings. The molecule has 1 aromatic rings. The highest BCUT2D eigenvalue weighted by Gasteiger charge is 2.27. The Morgan fingerprint density at radius 2 is 1.88 bits per heavy atom. The van der Waals surface area contributed by atoms with E-state index < -0.39 is 0 Å². The van der Waals surface area contributed by atoms with Crippen molar-refractivity contribution < 1.29 is 0 Å². The Balaban J connectivity index is 0. The summed E-state index contributed by atoms with van der Waals surface area (Å²) in [5.41, 5.74) is 7.55. The monoisotopic (exact) mass is 299 g/mol. The van der Waals surface area contributed by atoms with Crippen LogP contribution in [0.4, 0.5) is 0 Å². The van der Waals surface area contributed by atoms with Gasteiger partial charge in [-0.15, -0.1) is 37.2 Å². The third-order valence-corrected chi connectivity index (χ3v) is 2.88. The van der Waals surface area contributed by atoms with Gasteiger partial charge in [-0.3, -0.25) is 4.98 Å². The second-order valence-electron chi connectivity index (χ2n) is 4.15. The fourth-order valence-corrected chi connectivity index (χ4v) is 2.01. The standard InChI is InChI=1S/C11H17N3.3ClH/c12-11(3-6-13-7-4-11)8-10-2-1-5-14-9-10;;;/h1-2,5,9,13H,3-4,6-8,12H2;3*1H. The summed E-state index contributed by atoms with van der Waals surface area (Å²) < 4.78 is 0. The van der Waals surface area contributed by atoms with Gasteiger partial charge in [0.15, 0.2) is 0 Å². The van der Waals surface area contributed by atoms with Crippen molar-refractivity contribution in [3.63, 3.8) is 0 Å². The minimum Gasteiger partial charge on any atom is -0.325 e. The third kappa shape index (κ3) is 5.89. The molecule has 0 saturated carbocycles. The SMILES string of the molecule is Cl.Cl.Cl.NC1(Cc2cccnc2)CCNCC1. The molecule has 0 amide bonds. The number of aromatic nitrogens is 1. The fraction of sp³-hybridized carbons (Fsp3) is 0.545. The summed E-state index contributed by atoms with van der Waals surface area (Å²) in [6, 6.07) is 4.07. The van der Waals surface area contributed by atoms with E-state index in [-0.39, 0.29) is 42.8 Å². The summed E-state index contributed by atoms with van der Waals surface area (Å²) in [6.45, 7) is 2.08. The molecule has 1 aliphatic rings. The van der Waals surface area contributed by atoms with Crippen molar-refractivity contribution >= 4 is 37.2 Å². The molecule has 0 bridgehead atoms. The van der Waals surface area contributed by atoms with E-state index in [4.69, 9.17) is 5.73 Å². The molecular formula is C11H20Cl3N3. The topological polar surface area (TPSA) is 50.9 Å². The van der Waals surface area contributed by atoms with Crippen LogP contribution in [-0.4, -0.2) is 23.6 Å². The van der Waals surface area contributed by atoms with Crippen molar-refractivity contribution in [3.05, 3.63) is 30.1 Å². The summed E-state index contributed by atoms with van der Waals surface area (Å²) in [4.78, 5) is 4.11. The Hall–Kier alpha value is -0.0600. The van der Waals surface area contributed by atoms with Crippen LogP contribution in [0, 0.1) is 0 Å². The normalized spacial score (nSPS) is 17.0. The maximum Gasteiger partial charge on any atom is 0.0300 e. The molecule has 1 saturated heterocycles. The molecule has 0 atom stereocenters. The van der Waals surface area contributed by atoms with Crippen LogP contribution >= 0.6 is 37.2 Å². The van der Waals surface area contributed by atoms with Crippen LogP contribution in [0.5, 0.6) is 0 Å². The largest absolute Gasteiger partial charge is 0.325 e.